The third-order valence-corrected chi connectivity index (χ3v) is 2.33. The van der Waals surface area contributed by atoms with E-state index >= 15 is 0 Å². The number of halogens is 1. The number of allylic oxidation sites excluding steroid dienone is 4. The number of nitriles is 1. The second-order valence-corrected chi connectivity index (χ2v) is 3.66. The monoisotopic (exact) mass is 253 g/mol. The van der Waals surface area contributed by atoms with Gasteiger partial charge in [-0.25, -0.2) is 0 Å². The minimum absolute atomic E-state index is 0.0306. The fourth-order valence-electron chi connectivity index (χ4n) is 1.25. The van der Waals surface area contributed by atoms with Gasteiger partial charge < -0.3 is 4.74 Å². The molecule has 0 N–H and O–H groups in total. The molecule has 0 aromatic heterocycles. The summed E-state index contributed by atoms with van der Waals surface area (Å²) >= 11 is 5.36. The van der Waals surface area contributed by atoms with Crippen molar-refractivity contribution in [2.24, 2.45) is 5.92 Å². The SMILES string of the molecule is C=CC[C@H](/C=C/C=C/C#N)[C@@H](C)OC(=O)CCl. The van der Waals surface area contributed by atoms with Crippen molar-refractivity contribution >= 4 is 17.6 Å². The lowest BCUT2D eigenvalue weighted by molar-refractivity contribution is -0.146. The van der Waals surface area contributed by atoms with E-state index < -0.39 is 5.97 Å². The van der Waals surface area contributed by atoms with Crippen LogP contribution in [0.5, 0.6) is 0 Å². The van der Waals surface area contributed by atoms with Gasteiger partial charge in [0.2, 0.25) is 0 Å². The lowest BCUT2D eigenvalue weighted by Gasteiger charge is -2.19. The summed E-state index contributed by atoms with van der Waals surface area (Å²) in [4.78, 5) is 11.0. The number of hydrogen-bond donors (Lipinski definition) is 0. The van der Waals surface area contributed by atoms with Crippen LogP contribution in [0.1, 0.15) is 13.3 Å². The number of esters is 1. The lowest BCUT2D eigenvalue weighted by atomic mass is 9.99. The molecule has 0 fully saturated rings. The number of carbonyl (C=O) groups is 1. The van der Waals surface area contributed by atoms with Crippen molar-refractivity contribution in [3.8, 4) is 6.07 Å². The van der Waals surface area contributed by atoms with E-state index in [-0.39, 0.29) is 17.9 Å². The van der Waals surface area contributed by atoms with Crippen molar-refractivity contribution in [2.75, 3.05) is 5.88 Å². The number of alkyl halides is 1. The number of carbonyl (C=O) groups excluding carboxylic acids is 1. The van der Waals surface area contributed by atoms with Crippen molar-refractivity contribution < 1.29 is 9.53 Å². The Hall–Kier alpha value is -1.53. The van der Waals surface area contributed by atoms with E-state index in [9.17, 15) is 4.79 Å². The summed E-state index contributed by atoms with van der Waals surface area (Å²) in [7, 11) is 0. The highest BCUT2D eigenvalue weighted by molar-refractivity contribution is 6.26. The van der Waals surface area contributed by atoms with Crippen LogP contribution < -0.4 is 0 Å². The van der Waals surface area contributed by atoms with Gasteiger partial charge in [0, 0.05) is 12.0 Å². The van der Waals surface area contributed by atoms with Crippen LogP contribution in [0.15, 0.2) is 37.0 Å². The zero-order valence-electron chi connectivity index (χ0n) is 9.80. The molecule has 0 saturated heterocycles. The Labute approximate surface area is 107 Å². The minimum atomic E-state index is -0.436. The summed E-state index contributed by atoms with van der Waals surface area (Å²) < 4.78 is 5.11. The fourth-order valence-corrected chi connectivity index (χ4v) is 1.31. The van der Waals surface area contributed by atoms with Gasteiger partial charge in [0.05, 0.1) is 6.07 Å². The van der Waals surface area contributed by atoms with Crippen molar-refractivity contribution in [3.05, 3.63) is 37.0 Å². The summed E-state index contributed by atoms with van der Waals surface area (Å²) in [5.74, 6) is -0.555. The molecule has 0 radical (unpaired) electrons. The predicted molar refractivity (Wildman–Crippen MR) is 68.5 cm³/mol. The van der Waals surface area contributed by atoms with Gasteiger partial charge in [-0.1, -0.05) is 24.3 Å². The van der Waals surface area contributed by atoms with Gasteiger partial charge in [-0.05, 0) is 13.3 Å². The molecule has 0 aliphatic carbocycles. The molecule has 4 heteroatoms. The molecule has 0 aliphatic heterocycles. The highest BCUT2D eigenvalue weighted by Gasteiger charge is 2.16. The maximum Gasteiger partial charge on any atom is 0.321 e. The van der Waals surface area contributed by atoms with Gasteiger partial charge in [-0.15, -0.1) is 18.2 Å². The summed E-state index contributed by atoms with van der Waals surface area (Å²) in [6.45, 7) is 5.46. The van der Waals surface area contributed by atoms with E-state index in [4.69, 9.17) is 21.6 Å². The van der Waals surface area contributed by atoms with Crippen molar-refractivity contribution in [1.29, 1.82) is 5.26 Å². The van der Waals surface area contributed by atoms with Gasteiger partial charge in [0.1, 0.15) is 12.0 Å². The van der Waals surface area contributed by atoms with Crippen molar-refractivity contribution in [1.82, 2.24) is 0 Å². The Bertz CT molecular complexity index is 342. The normalized spacial score (nSPS) is 14.4. The molecule has 92 valence electrons. The molecule has 0 aromatic rings. The minimum Gasteiger partial charge on any atom is -0.461 e. The lowest BCUT2D eigenvalue weighted by Crippen LogP contribution is -2.23. The van der Waals surface area contributed by atoms with Gasteiger partial charge in [0.15, 0.2) is 0 Å². The summed E-state index contributed by atoms with van der Waals surface area (Å²) in [5.41, 5.74) is 0. The van der Waals surface area contributed by atoms with Gasteiger partial charge in [-0.3, -0.25) is 4.79 Å². The quantitative estimate of drug-likeness (QED) is 0.230. The van der Waals surface area contributed by atoms with Crippen LogP contribution in [0.2, 0.25) is 0 Å². The molecule has 0 spiro atoms. The van der Waals surface area contributed by atoms with Crippen LogP contribution in [0.3, 0.4) is 0 Å². The Kier molecular flexibility index (Phi) is 8.81. The first-order valence-electron chi connectivity index (χ1n) is 5.25. The van der Waals surface area contributed by atoms with Crippen molar-refractivity contribution in [3.63, 3.8) is 0 Å². The van der Waals surface area contributed by atoms with E-state index in [0.29, 0.717) is 6.42 Å². The smallest absolute Gasteiger partial charge is 0.321 e. The standard InChI is InChI=1S/C13H16ClNO2/c1-3-7-12(8-5-4-6-9-15)11(2)17-13(16)10-14/h3-6,8,11-12H,1,7,10H2,2H3/b6-4+,8-5+/t11-,12-/m1/s1. The number of rotatable bonds is 7. The van der Waals surface area contributed by atoms with E-state index in [1.165, 1.54) is 6.08 Å². The molecular weight excluding hydrogens is 238 g/mol. The molecule has 0 bridgehead atoms. The molecule has 0 aromatic carbocycles. The van der Waals surface area contributed by atoms with E-state index in [0.717, 1.165) is 0 Å². The zero-order chi connectivity index (χ0) is 13.1. The summed E-state index contributed by atoms with van der Waals surface area (Å²) in [6.07, 6.45) is 8.81. The molecule has 17 heavy (non-hydrogen) atoms. The molecule has 3 nitrogen and oxygen atoms in total. The molecule has 0 amide bonds. The molecule has 0 heterocycles. The highest BCUT2D eigenvalue weighted by atomic mass is 35.5. The number of nitrogens with zero attached hydrogens (tertiary/aromatic N) is 1. The largest absolute Gasteiger partial charge is 0.461 e. The second-order valence-electron chi connectivity index (χ2n) is 3.39. The average Bonchev–Trinajstić information content (AvgIpc) is 2.32. The van der Waals surface area contributed by atoms with Crippen LogP contribution in [0.4, 0.5) is 0 Å². The van der Waals surface area contributed by atoms with E-state index in [1.807, 2.05) is 12.1 Å². The number of hydrogen-bond acceptors (Lipinski definition) is 3. The average molecular weight is 254 g/mol. The fraction of sp³-hybridized carbons (Fsp3) is 0.385. The molecular formula is C13H16ClNO2. The first-order chi connectivity index (χ1) is 8.15. The first-order valence-corrected chi connectivity index (χ1v) is 5.78. The Morgan fingerprint density at radius 2 is 2.29 bits per heavy atom. The third-order valence-electron chi connectivity index (χ3n) is 2.11. The highest BCUT2D eigenvalue weighted by Crippen LogP contribution is 2.15. The van der Waals surface area contributed by atoms with E-state index in [1.54, 1.807) is 25.2 Å². The summed E-state index contributed by atoms with van der Waals surface area (Å²) in [6, 6.07) is 1.89. The van der Waals surface area contributed by atoms with Crippen LogP contribution in [-0.4, -0.2) is 18.0 Å². The van der Waals surface area contributed by atoms with Crippen LogP contribution >= 0.6 is 11.6 Å². The molecule has 0 rings (SSSR count). The van der Waals surface area contributed by atoms with Crippen LogP contribution in [-0.2, 0) is 9.53 Å². The topological polar surface area (TPSA) is 50.1 Å². The summed E-state index contributed by atoms with van der Waals surface area (Å²) in [5, 5.41) is 8.32. The Morgan fingerprint density at radius 1 is 1.59 bits per heavy atom. The Morgan fingerprint density at radius 3 is 2.82 bits per heavy atom. The molecule has 0 unspecified atom stereocenters. The van der Waals surface area contributed by atoms with Gasteiger partial charge in [0.25, 0.3) is 0 Å². The van der Waals surface area contributed by atoms with Crippen LogP contribution in [0.25, 0.3) is 0 Å². The first kappa shape index (κ1) is 15.5. The maximum atomic E-state index is 11.0. The zero-order valence-corrected chi connectivity index (χ0v) is 10.6. The third kappa shape index (κ3) is 7.37. The maximum absolute atomic E-state index is 11.0. The van der Waals surface area contributed by atoms with E-state index in [2.05, 4.69) is 6.58 Å². The Balaban J connectivity index is 4.45. The molecule has 0 saturated carbocycles. The van der Waals surface area contributed by atoms with Crippen LogP contribution in [0, 0.1) is 17.2 Å². The van der Waals surface area contributed by atoms with Gasteiger partial charge in [-0.2, -0.15) is 5.26 Å². The van der Waals surface area contributed by atoms with Crippen molar-refractivity contribution in [2.45, 2.75) is 19.4 Å². The molecule has 2 atom stereocenters. The predicted octanol–water partition coefficient (Wildman–Crippen LogP) is 2.99. The second kappa shape index (κ2) is 9.68. The molecule has 0 aliphatic rings. The van der Waals surface area contributed by atoms with Gasteiger partial charge >= 0.3 is 5.97 Å². The number of ether oxygens (including phenoxy) is 1.